The smallest absolute Gasteiger partial charge is 0.332 e. The molecule has 0 fully saturated rings. The molecule has 0 saturated heterocycles. The fourth-order valence-corrected chi connectivity index (χ4v) is 3.43. The first-order valence-electron chi connectivity index (χ1n) is 8.52. The molecule has 3 rings (SSSR count). The van der Waals surface area contributed by atoms with E-state index >= 15 is 0 Å². The van der Waals surface area contributed by atoms with Gasteiger partial charge >= 0.3 is 5.69 Å². The summed E-state index contributed by atoms with van der Waals surface area (Å²) in [5.74, 6) is 0.265. The van der Waals surface area contributed by atoms with Crippen molar-refractivity contribution in [2.45, 2.75) is 38.6 Å². The highest BCUT2D eigenvalue weighted by Gasteiger charge is 2.18. The monoisotopic (exact) mass is 338 g/mol. The predicted octanol–water partition coefficient (Wildman–Crippen LogP) is 2.01. The Kier molecular flexibility index (Phi) is 4.49. The summed E-state index contributed by atoms with van der Waals surface area (Å²) in [4.78, 5) is 24.4. The van der Waals surface area contributed by atoms with Crippen molar-refractivity contribution in [2.24, 2.45) is 14.1 Å². The van der Waals surface area contributed by atoms with Crippen LogP contribution >= 0.6 is 0 Å². The summed E-state index contributed by atoms with van der Waals surface area (Å²) < 4.78 is 2.27. The third-order valence-corrected chi connectivity index (χ3v) is 5.00. The van der Waals surface area contributed by atoms with Crippen LogP contribution in [0.25, 0.3) is 0 Å². The van der Waals surface area contributed by atoms with E-state index in [1.807, 2.05) is 13.0 Å². The van der Waals surface area contributed by atoms with Crippen LogP contribution in [0.5, 0.6) is 0 Å². The highest BCUT2D eigenvalue weighted by molar-refractivity contribution is 5.53. The van der Waals surface area contributed by atoms with Gasteiger partial charge in [-0.3, -0.25) is 13.9 Å². The van der Waals surface area contributed by atoms with Gasteiger partial charge in [-0.1, -0.05) is 18.2 Å². The molecule has 1 aliphatic carbocycles. The van der Waals surface area contributed by atoms with Crippen LogP contribution in [0, 0.1) is 11.3 Å². The molecular weight excluding hydrogens is 316 g/mol. The molecular formula is C19H22N4O2. The van der Waals surface area contributed by atoms with Crippen molar-refractivity contribution in [3.63, 3.8) is 0 Å². The molecule has 2 aromatic rings. The predicted molar refractivity (Wildman–Crippen MR) is 96.8 cm³/mol. The average molecular weight is 338 g/mol. The van der Waals surface area contributed by atoms with Gasteiger partial charge in [-0.25, -0.2) is 4.79 Å². The lowest BCUT2D eigenvalue weighted by Gasteiger charge is -2.22. The summed E-state index contributed by atoms with van der Waals surface area (Å²) in [5, 5.41) is 12.6. The summed E-state index contributed by atoms with van der Waals surface area (Å²) in [5.41, 5.74) is 2.78. The number of aryl methyl sites for hydroxylation is 2. The Balaban J connectivity index is 1.99. The van der Waals surface area contributed by atoms with Gasteiger partial charge in [0.05, 0.1) is 0 Å². The number of nitrogens with zero attached hydrogens (tertiary/aromatic N) is 3. The lowest BCUT2D eigenvalue weighted by molar-refractivity contribution is 0.674. The van der Waals surface area contributed by atoms with Crippen molar-refractivity contribution >= 4 is 5.82 Å². The second-order valence-corrected chi connectivity index (χ2v) is 6.64. The summed E-state index contributed by atoms with van der Waals surface area (Å²) in [6, 6.07) is 8.23. The fraction of sp³-hybridized carbons (Fsp3) is 0.421. The van der Waals surface area contributed by atoms with E-state index in [9.17, 15) is 14.9 Å². The number of fused-ring (bicyclic) bond motifs is 1. The number of benzene rings is 1. The van der Waals surface area contributed by atoms with Crippen molar-refractivity contribution < 1.29 is 0 Å². The van der Waals surface area contributed by atoms with Gasteiger partial charge in [0.1, 0.15) is 11.9 Å². The zero-order valence-electron chi connectivity index (χ0n) is 14.8. The number of hydrogen-bond acceptors (Lipinski definition) is 4. The van der Waals surface area contributed by atoms with Gasteiger partial charge in [-0.15, -0.1) is 0 Å². The van der Waals surface area contributed by atoms with Gasteiger partial charge in [-0.2, -0.15) is 5.26 Å². The summed E-state index contributed by atoms with van der Waals surface area (Å²) in [7, 11) is 2.94. The van der Waals surface area contributed by atoms with E-state index in [1.54, 1.807) is 7.05 Å². The molecule has 130 valence electrons. The molecule has 0 spiro atoms. The van der Waals surface area contributed by atoms with E-state index in [1.165, 1.54) is 35.6 Å². The molecule has 1 aromatic heterocycles. The number of hydrogen-bond donors (Lipinski definition) is 1. The first kappa shape index (κ1) is 17.0. The standard InChI is InChI=1S/C19H22N4O2/c1-12(14-9-8-13-6-4-5-7-15(13)10-14)21-17-16(11-20)18(24)23(3)19(25)22(17)2/h8-10,12,21H,4-7H2,1-3H3/t12-/m0/s1. The van der Waals surface area contributed by atoms with Crippen LogP contribution in [0.3, 0.4) is 0 Å². The lowest BCUT2D eigenvalue weighted by Crippen LogP contribution is -2.40. The van der Waals surface area contributed by atoms with Crippen LogP contribution in [0.2, 0.25) is 0 Å². The lowest BCUT2D eigenvalue weighted by atomic mass is 9.89. The molecule has 1 heterocycles. The van der Waals surface area contributed by atoms with Crippen molar-refractivity contribution in [3.05, 3.63) is 61.3 Å². The normalized spacial score (nSPS) is 14.5. The zero-order chi connectivity index (χ0) is 18.1. The maximum absolute atomic E-state index is 12.2. The van der Waals surface area contributed by atoms with Crippen molar-refractivity contribution in [3.8, 4) is 6.07 Å². The van der Waals surface area contributed by atoms with Crippen LogP contribution in [-0.2, 0) is 26.9 Å². The van der Waals surface area contributed by atoms with E-state index in [-0.39, 0.29) is 17.4 Å². The summed E-state index contributed by atoms with van der Waals surface area (Å²) >= 11 is 0. The molecule has 6 nitrogen and oxygen atoms in total. The number of rotatable bonds is 3. The van der Waals surface area contributed by atoms with Gasteiger partial charge in [-0.05, 0) is 49.3 Å². The van der Waals surface area contributed by atoms with Crippen LogP contribution in [-0.4, -0.2) is 9.13 Å². The van der Waals surface area contributed by atoms with E-state index in [0.717, 1.165) is 23.0 Å². The average Bonchev–Trinajstić information content (AvgIpc) is 2.64. The number of anilines is 1. The minimum absolute atomic E-state index is 0.0468. The Morgan fingerprint density at radius 1 is 1.12 bits per heavy atom. The Hall–Kier alpha value is -2.81. The third kappa shape index (κ3) is 2.98. The highest BCUT2D eigenvalue weighted by atomic mass is 16.2. The van der Waals surface area contributed by atoms with Crippen molar-refractivity contribution in [1.82, 2.24) is 9.13 Å². The van der Waals surface area contributed by atoms with Crippen LogP contribution in [0.1, 0.15) is 48.1 Å². The van der Waals surface area contributed by atoms with Crippen LogP contribution in [0.15, 0.2) is 27.8 Å². The highest BCUT2D eigenvalue weighted by Crippen LogP contribution is 2.26. The van der Waals surface area contributed by atoms with Crippen LogP contribution < -0.4 is 16.6 Å². The largest absolute Gasteiger partial charge is 0.364 e. The van der Waals surface area contributed by atoms with E-state index in [2.05, 4.69) is 23.5 Å². The van der Waals surface area contributed by atoms with E-state index < -0.39 is 11.2 Å². The molecule has 0 unspecified atom stereocenters. The molecule has 6 heteroatoms. The molecule has 0 amide bonds. The second-order valence-electron chi connectivity index (χ2n) is 6.64. The van der Waals surface area contributed by atoms with Crippen LogP contribution in [0.4, 0.5) is 5.82 Å². The summed E-state index contributed by atoms with van der Waals surface area (Å²) in [6.07, 6.45) is 4.66. The Morgan fingerprint density at radius 2 is 1.80 bits per heavy atom. The minimum Gasteiger partial charge on any atom is -0.364 e. The molecule has 1 atom stereocenters. The van der Waals surface area contributed by atoms with E-state index in [0.29, 0.717) is 0 Å². The number of nitriles is 1. The molecule has 0 aliphatic heterocycles. The Morgan fingerprint density at radius 3 is 2.48 bits per heavy atom. The summed E-state index contributed by atoms with van der Waals surface area (Å²) in [6.45, 7) is 1.97. The number of aromatic nitrogens is 2. The Bertz CT molecular complexity index is 979. The van der Waals surface area contributed by atoms with Crippen molar-refractivity contribution in [2.75, 3.05) is 5.32 Å². The Labute approximate surface area is 146 Å². The number of nitrogens with one attached hydrogen (secondary N) is 1. The fourth-order valence-electron chi connectivity index (χ4n) is 3.43. The van der Waals surface area contributed by atoms with Gasteiger partial charge in [0.25, 0.3) is 5.56 Å². The molecule has 0 saturated carbocycles. The van der Waals surface area contributed by atoms with Gasteiger partial charge in [0, 0.05) is 20.1 Å². The van der Waals surface area contributed by atoms with Crippen molar-refractivity contribution in [1.29, 1.82) is 5.26 Å². The van der Waals surface area contributed by atoms with Gasteiger partial charge in [0.15, 0.2) is 5.56 Å². The third-order valence-electron chi connectivity index (χ3n) is 5.00. The molecule has 1 N–H and O–H groups in total. The molecule has 1 aliphatic rings. The minimum atomic E-state index is -0.578. The van der Waals surface area contributed by atoms with Gasteiger partial charge in [0.2, 0.25) is 0 Å². The first-order valence-corrected chi connectivity index (χ1v) is 8.52. The molecule has 25 heavy (non-hydrogen) atoms. The zero-order valence-corrected chi connectivity index (χ0v) is 14.8. The molecule has 0 radical (unpaired) electrons. The second kappa shape index (κ2) is 6.60. The van der Waals surface area contributed by atoms with E-state index in [4.69, 9.17) is 0 Å². The molecule has 1 aromatic carbocycles. The molecule has 0 bridgehead atoms. The maximum Gasteiger partial charge on any atom is 0.332 e. The first-order chi connectivity index (χ1) is 11.9. The topological polar surface area (TPSA) is 79.8 Å². The SMILES string of the molecule is C[C@H](Nc1c(C#N)c(=O)n(C)c(=O)n1C)c1ccc2c(c1)CCCC2. The maximum atomic E-state index is 12.2. The van der Waals surface area contributed by atoms with Gasteiger partial charge < -0.3 is 5.32 Å². The quantitative estimate of drug-likeness (QED) is 0.928.